The summed E-state index contributed by atoms with van der Waals surface area (Å²) in [4.78, 5) is 12.2. The summed E-state index contributed by atoms with van der Waals surface area (Å²) < 4.78 is 26.3. The lowest BCUT2D eigenvalue weighted by Gasteiger charge is -2.09. The fraction of sp³-hybridized carbons (Fsp3) is 0.0952. The van der Waals surface area contributed by atoms with Gasteiger partial charge in [0.2, 0.25) is 5.91 Å². The SMILES string of the molecule is COc1ccc(/C=C/C(=O)Nc2cc(-n3cccc3)ccc2F)c(OC)c1. The Labute approximate surface area is 156 Å². The molecule has 3 rings (SSSR count). The number of rotatable bonds is 6. The van der Waals surface area contributed by atoms with E-state index in [4.69, 9.17) is 9.47 Å². The van der Waals surface area contributed by atoms with E-state index in [1.165, 1.54) is 19.3 Å². The Bertz CT molecular complexity index is 966. The zero-order valence-corrected chi connectivity index (χ0v) is 15.0. The Morgan fingerprint density at radius 3 is 2.56 bits per heavy atom. The van der Waals surface area contributed by atoms with E-state index >= 15 is 0 Å². The van der Waals surface area contributed by atoms with E-state index in [9.17, 15) is 9.18 Å². The topological polar surface area (TPSA) is 52.5 Å². The van der Waals surface area contributed by atoms with Crippen LogP contribution in [0.1, 0.15) is 5.56 Å². The number of nitrogens with one attached hydrogen (secondary N) is 1. The fourth-order valence-corrected chi connectivity index (χ4v) is 2.57. The highest BCUT2D eigenvalue weighted by Gasteiger charge is 2.08. The molecule has 0 bridgehead atoms. The maximum Gasteiger partial charge on any atom is 0.248 e. The molecule has 2 aromatic carbocycles. The summed E-state index contributed by atoms with van der Waals surface area (Å²) >= 11 is 0. The molecule has 3 aromatic rings. The Morgan fingerprint density at radius 2 is 1.85 bits per heavy atom. The number of halogens is 1. The molecular formula is C21H19FN2O3. The van der Waals surface area contributed by atoms with Crippen LogP contribution in [0.5, 0.6) is 11.5 Å². The average molecular weight is 366 g/mol. The Balaban J connectivity index is 1.76. The van der Waals surface area contributed by atoms with Crippen molar-refractivity contribution >= 4 is 17.7 Å². The highest BCUT2D eigenvalue weighted by atomic mass is 19.1. The summed E-state index contributed by atoms with van der Waals surface area (Å²) in [6, 6.07) is 13.5. The summed E-state index contributed by atoms with van der Waals surface area (Å²) in [5.41, 5.74) is 1.56. The number of ether oxygens (including phenoxy) is 2. The zero-order valence-electron chi connectivity index (χ0n) is 15.0. The molecule has 0 saturated carbocycles. The highest BCUT2D eigenvalue weighted by Crippen LogP contribution is 2.25. The Kier molecular flexibility index (Phi) is 5.56. The first-order chi connectivity index (χ1) is 13.1. The summed E-state index contributed by atoms with van der Waals surface area (Å²) in [6.45, 7) is 0. The number of aromatic nitrogens is 1. The zero-order chi connectivity index (χ0) is 19.2. The highest BCUT2D eigenvalue weighted by molar-refractivity contribution is 6.02. The number of carbonyl (C=O) groups excluding carboxylic acids is 1. The second-order valence-electron chi connectivity index (χ2n) is 5.68. The molecule has 1 N–H and O–H groups in total. The van der Waals surface area contributed by atoms with Crippen molar-refractivity contribution in [1.82, 2.24) is 4.57 Å². The molecule has 0 radical (unpaired) electrons. The molecule has 5 nitrogen and oxygen atoms in total. The van der Waals surface area contributed by atoms with Crippen LogP contribution in [-0.4, -0.2) is 24.7 Å². The van der Waals surface area contributed by atoms with Gasteiger partial charge in [0.1, 0.15) is 17.3 Å². The van der Waals surface area contributed by atoms with Gasteiger partial charge in [-0.3, -0.25) is 4.79 Å². The molecule has 0 spiro atoms. The molecular weight excluding hydrogens is 347 g/mol. The molecule has 0 saturated heterocycles. The van der Waals surface area contributed by atoms with Crippen molar-refractivity contribution < 1.29 is 18.7 Å². The standard InChI is InChI=1S/C21H19FN2O3/c1-26-17-8-5-15(20(14-17)27-2)6-10-21(25)23-19-13-16(7-9-18(19)22)24-11-3-4-12-24/h3-14H,1-2H3,(H,23,25)/b10-6+. The summed E-state index contributed by atoms with van der Waals surface area (Å²) in [6.07, 6.45) is 6.61. The third-order valence-corrected chi connectivity index (χ3v) is 3.97. The minimum Gasteiger partial charge on any atom is -0.497 e. The molecule has 0 atom stereocenters. The number of anilines is 1. The normalized spacial score (nSPS) is 10.8. The van der Waals surface area contributed by atoms with E-state index in [0.717, 1.165) is 5.69 Å². The van der Waals surface area contributed by atoms with Crippen LogP contribution in [0.4, 0.5) is 10.1 Å². The largest absolute Gasteiger partial charge is 0.497 e. The number of amides is 1. The van der Waals surface area contributed by atoms with Gasteiger partial charge in [-0.1, -0.05) is 0 Å². The molecule has 6 heteroatoms. The molecule has 0 aliphatic rings. The van der Waals surface area contributed by atoms with Crippen molar-refractivity contribution in [3.05, 3.63) is 78.4 Å². The predicted molar refractivity (Wildman–Crippen MR) is 103 cm³/mol. The Morgan fingerprint density at radius 1 is 1.07 bits per heavy atom. The van der Waals surface area contributed by atoms with E-state index in [2.05, 4.69) is 5.32 Å². The van der Waals surface area contributed by atoms with Crippen LogP contribution in [0.25, 0.3) is 11.8 Å². The van der Waals surface area contributed by atoms with Crippen molar-refractivity contribution in [1.29, 1.82) is 0 Å². The van der Waals surface area contributed by atoms with Crippen LogP contribution in [0, 0.1) is 5.82 Å². The van der Waals surface area contributed by atoms with Gasteiger partial charge in [0.25, 0.3) is 0 Å². The third-order valence-electron chi connectivity index (χ3n) is 3.97. The first-order valence-corrected chi connectivity index (χ1v) is 8.24. The van der Waals surface area contributed by atoms with Gasteiger partial charge in [0, 0.05) is 35.8 Å². The van der Waals surface area contributed by atoms with Gasteiger partial charge in [0.05, 0.1) is 19.9 Å². The second kappa shape index (κ2) is 8.23. The molecule has 1 aromatic heterocycles. The predicted octanol–water partition coefficient (Wildman–Crippen LogP) is 4.29. The number of carbonyl (C=O) groups is 1. The van der Waals surface area contributed by atoms with Crippen LogP contribution < -0.4 is 14.8 Å². The summed E-state index contributed by atoms with van der Waals surface area (Å²) in [5.74, 6) is 0.266. The van der Waals surface area contributed by atoms with E-state index in [1.807, 2.05) is 29.1 Å². The number of hydrogen-bond acceptors (Lipinski definition) is 3. The van der Waals surface area contributed by atoms with Crippen molar-refractivity contribution in [3.63, 3.8) is 0 Å². The summed E-state index contributed by atoms with van der Waals surface area (Å²) in [5, 5.41) is 2.56. The fourth-order valence-electron chi connectivity index (χ4n) is 2.57. The lowest BCUT2D eigenvalue weighted by molar-refractivity contribution is -0.111. The second-order valence-corrected chi connectivity index (χ2v) is 5.68. The lowest BCUT2D eigenvalue weighted by atomic mass is 10.1. The van der Waals surface area contributed by atoms with Gasteiger partial charge in [-0.25, -0.2) is 4.39 Å². The van der Waals surface area contributed by atoms with Gasteiger partial charge in [-0.05, 0) is 48.5 Å². The van der Waals surface area contributed by atoms with Gasteiger partial charge in [0.15, 0.2) is 0 Å². The van der Waals surface area contributed by atoms with Crippen LogP contribution in [-0.2, 0) is 4.79 Å². The molecule has 1 heterocycles. The minimum atomic E-state index is -0.505. The van der Waals surface area contributed by atoms with E-state index in [0.29, 0.717) is 17.1 Å². The minimum absolute atomic E-state index is 0.109. The smallest absolute Gasteiger partial charge is 0.248 e. The van der Waals surface area contributed by atoms with Crippen molar-refractivity contribution in [2.45, 2.75) is 0 Å². The maximum atomic E-state index is 14.1. The van der Waals surface area contributed by atoms with Gasteiger partial charge in [-0.15, -0.1) is 0 Å². The van der Waals surface area contributed by atoms with E-state index in [-0.39, 0.29) is 5.69 Å². The monoisotopic (exact) mass is 366 g/mol. The van der Waals surface area contributed by atoms with Crippen molar-refractivity contribution in [2.24, 2.45) is 0 Å². The molecule has 138 valence electrons. The van der Waals surface area contributed by atoms with Crippen molar-refractivity contribution in [3.8, 4) is 17.2 Å². The third kappa shape index (κ3) is 4.36. The van der Waals surface area contributed by atoms with Gasteiger partial charge < -0.3 is 19.4 Å². The van der Waals surface area contributed by atoms with E-state index < -0.39 is 11.7 Å². The number of nitrogens with zero attached hydrogens (tertiary/aromatic N) is 1. The van der Waals surface area contributed by atoms with E-state index in [1.54, 1.807) is 43.5 Å². The lowest BCUT2D eigenvalue weighted by Crippen LogP contribution is -2.10. The molecule has 0 aliphatic carbocycles. The molecule has 0 fully saturated rings. The van der Waals surface area contributed by atoms with Crippen LogP contribution in [0.15, 0.2) is 67.0 Å². The first-order valence-electron chi connectivity index (χ1n) is 8.24. The number of methoxy groups -OCH3 is 2. The quantitative estimate of drug-likeness (QED) is 0.663. The van der Waals surface area contributed by atoms with Crippen LogP contribution in [0.2, 0.25) is 0 Å². The van der Waals surface area contributed by atoms with Crippen molar-refractivity contribution in [2.75, 3.05) is 19.5 Å². The van der Waals surface area contributed by atoms with Crippen LogP contribution in [0.3, 0.4) is 0 Å². The first kappa shape index (κ1) is 18.3. The number of benzene rings is 2. The molecule has 1 amide bonds. The molecule has 27 heavy (non-hydrogen) atoms. The van der Waals surface area contributed by atoms with Gasteiger partial charge in [-0.2, -0.15) is 0 Å². The maximum absolute atomic E-state index is 14.1. The Hall–Kier alpha value is -3.54. The average Bonchev–Trinajstić information content (AvgIpc) is 3.22. The van der Waals surface area contributed by atoms with Gasteiger partial charge >= 0.3 is 0 Å². The molecule has 0 unspecified atom stereocenters. The summed E-state index contributed by atoms with van der Waals surface area (Å²) in [7, 11) is 3.10. The number of hydrogen-bond donors (Lipinski definition) is 1. The van der Waals surface area contributed by atoms with Crippen LogP contribution >= 0.6 is 0 Å². The molecule has 0 aliphatic heterocycles.